The average molecular weight is 478 g/mol. The maximum atomic E-state index is 13.7. The van der Waals surface area contributed by atoms with Crippen molar-refractivity contribution < 1.29 is 19.0 Å². The minimum atomic E-state index is -0.337. The van der Waals surface area contributed by atoms with Gasteiger partial charge in [0.2, 0.25) is 0 Å². The van der Waals surface area contributed by atoms with Crippen LogP contribution < -0.4 is 14.2 Å². The lowest BCUT2D eigenvalue weighted by Gasteiger charge is -2.31. The highest BCUT2D eigenvalue weighted by atomic mass is 16.5. The first-order valence-electron chi connectivity index (χ1n) is 12.0. The fourth-order valence-electron chi connectivity index (χ4n) is 4.37. The number of rotatable bonds is 6. The van der Waals surface area contributed by atoms with E-state index in [2.05, 4.69) is 0 Å². The number of fused-ring (bicyclic) bond motifs is 3. The average Bonchev–Trinajstić information content (AvgIpc) is 3.21. The fraction of sp³-hybridized carbons (Fsp3) is 0.429. The Hall–Kier alpha value is -3.48. The Kier molecular flexibility index (Phi) is 6.54. The van der Waals surface area contributed by atoms with Crippen LogP contribution in [0.25, 0.3) is 16.9 Å². The second-order valence-electron chi connectivity index (χ2n) is 10.1. The molecule has 0 atom stereocenters. The van der Waals surface area contributed by atoms with E-state index in [1.165, 1.54) is 0 Å². The number of para-hydroxylation sites is 2. The van der Waals surface area contributed by atoms with E-state index in [9.17, 15) is 4.79 Å². The van der Waals surface area contributed by atoms with E-state index in [-0.39, 0.29) is 17.6 Å². The predicted molar refractivity (Wildman–Crippen MR) is 137 cm³/mol. The number of carbonyl (C=O) groups excluding carboxylic acids is 1. The molecule has 1 amide bonds. The summed E-state index contributed by atoms with van der Waals surface area (Å²) < 4.78 is 19.2. The molecule has 0 unspecified atom stereocenters. The molecule has 0 fully saturated rings. The predicted octanol–water partition coefficient (Wildman–Crippen LogP) is 5.31. The number of aromatic nitrogens is 2. The second kappa shape index (κ2) is 9.29. The van der Waals surface area contributed by atoms with Crippen LogP contribution in [0.2, 0.25) is 0 Å². The van der Waals surface area contributed by atoms with Crippen molar-refractivity contribution in [3.63, 3.8) is 0 Å². The van der Waals surface area contributed by atoms with Crippen molar-refractivity contribution in [3.8, 4) is 34.2 Å². The molecule has 0 aliphatic heterocycles. The van der Waals surface area contributed by atoms with E-state index >= 15 is 0 Å². The summed E-state index contributed by atoms with van der Waals surface area (Å²) in [4.78, 5) is 15.4. The number of hydrogen-bond donors (Lipinski definition) is 0. The molecular formula is C28H35N3O4. The van der Waals surface area contributed by atoms with E-state index in [0.717, 1.165) is 34.5 Å². The third-order valence-corrected chi connectivity index (χ3v) is 6.46. The van der Waals surface area contributed by atoms with E-state index < -0.39 is 0 Å². The second-order valence-corrected chi connectivity index (χ2v) is 10.1. The molecule has 1 aliphatic carbocycles. The Bertz CT molecular complexity index is 1250. The molecule has 186 valence electrons. The van der Waals surface area contributed by atoms with Gasteiger partial charge in [0.1, 0.15) is 11.4 Å². The molecule has 1 heterocycles. The minimum absolute atomic E-state index is 0.0123. The monoisotopic (exact) mass is 477 g/mol. The molecule has 0 bridgehead atoms. The quantitative estimate of drug-likeness (QED) is 0.481. The zero-order valence-electron chi connectivity index (χ0n) is 21.9. The van der Waals surface area contributed by atoms with E-state index in [1.807, 2.05) is 82.7 Å². The van der Waals surface area contributed by atoms with Crippen molar-refractivity contribution in [2.24, 2.45) is 0 Å². The third kappa shape index (κ3) is 4.47. The molecule has 1 aliphatic rings. The van der Waals surface area contributed by atoms with E-state index in [4.69, 9.17) is 19.3 Å². The van der Waals surface area contributed by atoms with Gasteiger partial charge < -0.3 is 19.1 Å². The van der Waals surface area contributed by atoms with Gasteiger partial charge in [-0.05, 0) is 77.3 Å². The number of benzene rings is 2. The Morgan fingerprint density at radius 2 is 1.71 bits per heavy atom. The first kappa shape index (κ1) is 24.6. The summed E-state index contributed by atoms with van der Waals surface area (Å²) in [5.74, 6) is 1.95. The number of aryl methyl sites for hydroxylation is 1. The lowest BCUT2D eigenvalue weighted by atomic mass is 9.88. The van der Waals surface area contributed by atoms with Crippen LogP contribution in [-0.4, -0.2) is 53.5 Å². The number of methoxy groups -OCH3 is 2. The number of amides is 1. The Labute approximate surface area is 207 Å². The topological polar surface area (TPSA) is 65.8 Å². The van der Waals surface area contributed by atoms with Crippen molar-refractivity contribution >= 4 is 5.91 Å². The standard InChI is InChI=1S/C28H35N3O4/c1-17(2)35-24-16-20-18(15-23(24)34-8)13-14-19-25(27(32)30(6)28(3,4)5)29-31(26(19)20)21-11-9-10-12-22(21)33-7/h9-12,15-17H,13-14H2,1-8H3. The lowest BCUT2D eigenvalue weighted by molar-refractivity contribution is 0.0648. The van der Waals surface area contributed by atoms with Crippen LogP contribution in [0.1, 0.15) is 56.2 Å². The van der Waals surface area contributed by atoms with Crippen molar-refractivity contribution in [2.75, 3.05) is 21.3 Å². The first-order chi connectivity index (χ1) is 16.6. The normalized spacial score (nSPS) is 12.7. The summed E-state index contributed by atoms with van der Waals surface area (Å²) in [7, 11) is 5.12. The van der Waals surface area contributed by atoms with Gasteiger partial charge >= 0.3 is 0 Å². The maximum absolute atomic E-state index is 13.7. The van der Waals surface area contributed by atoms with Crippen LogP contribution in [0.3, 0.4) is 0 Å². The molecule has 2 aromatic carbocycles. The highest BCUT2D eigenvalue weighted by molar-refractivity contribution is 5.97. The van der Waals surface area contributed by atoms with Crippen molar-refractivity contribution in [1.82, 2.24) is 14.7 Å². The molecule has 3 aromatic rings. The Morgan fingerprint density at radius 1 is 1.03 bits per heavy atom. The summed E-state index contributed by atoms with van der Waals surface area (Å²) in [6.45, 7) is 10.0. The summed E-state index contributed by atoms with van der Waals surface area (Å²) in [5, 5.41) is 4.91. The van der Waals surface area contributed by atoms with Crippen LogP contribution in [0.4, 0.5) is 0 Å². The van der Waals surface area contributed by atoms with Crippen LogP contribution in [0.5, 0.6) is 17.2 Å². The van der Waals surface area contributed by atoms with Gasteiger partial charge in [-0.3, -0.25) is 4.79 Å². The fourth-order valence-corrected chi connectivity index (χ4v) is 4.37. The van der Waals surface area contributed by atoms with Gasteiger partial charge in [-0.1, -0.05) is 12.1 Å². The molecule has 7 heteroatoms. The first-order valence-corrected chi connectivity index (χ1v) is 12.0. The van der Waals surface area contributed by atoms with Crippen molar-refractivity contribution in [3.05, 3.63) is 53.2 Å². The van der Waals surface area contributed by atoms with Gasteiger partial charge in [0, 0.05) is 23.7 Å². The molecular weight excluding hydrogens is 442 g/mol. The van der Waals surface area contributed by atoms with E-state index in [0.29, 0.717) is 29.4 Å². The van der Waals surface area contributed by atoms with E-state index in [1.54, 1.807) is 19.1 Å². The summed E-state index contributed by atoms with van der Waals surface area (Å²) >= 11 is 0. The molecule has 0 N–H and O–H groups in total. The zero-order valence-corrected chi connectivity index (χ0v) is 21.9. The zero-order chi connectivity index (χ0) is 25.5. The number of ether oxygens (including phenoxy) is 3. The molecule has 35 heavy (non-hydrogen) atoms. The smallest absolute Gasteiger partial charge is 0.274 e. The van der Waals surface area contributed by atoms with Gasteiger partial charge in [0.15, 0.2) is 17.2 Å². The Morgan fingerprint density at radius 3 is 2.34 bits per heavy atom. The molecule has 0 radical (unpaired) electrons. The summed E-state index contributed by atoms with van der Waals surface area (Å²) in [6.07, 6.45) is 1.46. The largest absolute Gasteiger partial charge is 0.494 e. The van der Waals surface area contributed by atoms with Gasteiger partial charge in [-0.2, -0.15) is 5.10 Å². The number of nitrogens with zero attached hydrogens (tertiary/aromatic N) is 3. The van der Waals surface area contributed by atoms with Crippen LogP contribution in [0, 0.1) is 0 Å². The molecule has 1 aromatic heterocycles. The molecule has 7 nitrogen and oxygen atoms in total. The molecule has 4 rings (SSSR count). The third-order valence-electron chi connectivity index (χ3n) is 6.46. The van der Waals surface area contributed by atoms with Crippen LogP contribution in [0.15, 0.2) is 36.4 Å². The van der Waals surface area contributed by atoms with Crippen LogP contribution in [-0.2, 0) is 12.8 Å². The van der Waals surface area contributed by atoms with Gasteiger partial charge in [0.25, 0.3) is 5.91 Å². The summed E-state index contributed by atoms with van der Waals surface area (Å²) in [6, 6.07) is 11.8. The number of carbonyl (C=O) groups is 1. The molecule has 0 saturated heterocycles. The molecule has 0 spiro atoms. The van der Waals surface area contributed by atoms with Gasteiger partial charge in [-0.25, -0.2) is 4.68 Å². The van der Waals surface area contributed by atoms with Gasteiger partial charge in [0.05, 0.1) is 26.0 Å². The summed E-state index contributed by atoms with van der Waals surface area (Å²) in [5.41, 5.74) is 4.84. The number of hydrogen-bond acceptors (Lipinski definition) is 5. The maximum Gasteiger partial charge on any atom is 0.274 e. The lowest BCUT2D eigenvalue weighted by Crippen LogP contribution is -2.43. The molecule has 0 saturated carbocycles. The highest BCUT2D eigenvalue weighted by Crippen LogP contribution is 2.43. The van der Waals surface area contributed by atoms with Crippen molar-refractivity contribution in [1.29, 1.82) is 0 Å². The van der Waals surface area contributed by atoms with Gasteiger partial charge in [-0.15, -0.1) is 0 Å². The Balaban J connectivity index is 2.00. The SMILES string of the molecule is COc1cc2c(cc1OC(C)C)-c1c(c(C(=O)N(C)C(C)(C)C)nn1-c1ccccc1OC)CC2. The van der Waals surface area contributed by atoms with Crippen LogP contribution >= 0.6 is 0 Å². The highest BCUT2D eigenvalue weighted by Gasteiger charge is 2.34. The minimum Gasteiger partial charge on any atom is -0.494 e. The van der Waals surface area contributed by atoms with Crippen molar-refractivity contribution in [2.45, 2.75) is 59.1 Å².